The lowest BCUT2D eigenvalue weighted by Gasteiger charge is -2.01. The summed E-state index contributed by atoms with van der Waals surface area (Å²) >= 11 is 0. The molecule has 0 saturated carbocycles. The van der Waals surface area contributed by atoms with Crippen LogP contribution in [0.25, 0.3) is 5.65 Å². The Hall–Kier alpha value is -1.91. The van der Waals surface area contributed by atoms with Crippen molar-refractivity contribution in [2.45, 2.75) is 6.92 Å². The standard InChI is InChI=1S/C9H9N3O2/c1-6-3-4-10-7-5-11-8(12(6)7)9(13)14-2/h3-5H,1-2H3. The Morgan fingerprint density at radius 2 is 2.29 bits per heavy atom. The van der Waals surface area contributed by atoms with Crippen molar-refractivity contribution in [2.75, 3.05) is 7.11 Å². The van der Waals surface area contributed by atoms with Crippen molar-refractivity contribution in [3.63, 3.8) is 0 Å². The largest absolute Gasteiger partial charge is 0.463 e. The molecule has 0 fully saturated rings. The summed E-state index contributed by atoms with van der Waals surface area (Å²) in [4.78, 5) is 19.3. The van der Waals surface area contributed by atoms with Gasteiger partial charge in [0.1, 0.15) is 0 Å². The number of imidazole rings is 1. The first-order chi connectivity index (χ1) is 6.74. The fraction of sp³-hybridized carbons (Fsp3) is 0.222. The summed E-state index contributed by atoms with van der Waals surface area (Å²) in [6.45, 7) is 1.88. The maximum absolute atomic E-state index is 11.3. The molecule has 5 nitrogen and oxygen atoms in total. The van der Waals surface area contributed by atoms with Crippen LogP contribution < -0.4 is 0 Å². The minimum absolute atomic E-state index is 0.258. The van der Waals surface area contributed by atoms with Gasteiger partial charge in [0.2, 0.25) is 5.82 Å². The molecule has 2 rings (SSSR count). The van der Waals surface area contributed by atoms with Crippen LogP contribution in [-0.2, 0) is 4.74 Å². The van der Waals surface area contributed by atoms with Gasteiger partial charge in [0.25, 0.3) is 0 Å². The van der Waals surface area contributed by atoms with E-state index in [9.17, 15) is 4.79 Å². The molecule has 72 valence electrons. The van der Waals surface area contributed by atoms with Crippen LogP contribution >= 0.6 is 0 Å². The summed E-state index contributed by atoms with van der Waals surface area (Å²) in [6.07, 6.45) is 3.21. The summed E-state index contributed by atoms with van der Waals surface area (Å²) in [5.74, 6) is -0.200. The number of methoxy groups -OCH3 is 1. The molecule has 0 aliphatic carbocycles. The zero-order chi connectivity index (χ0) is 10.1. The smallest absolute Gasteiger partial charge is 0.374 e. The molecule has 2 heterocycles. The van der Waals surface area contributed by atoms with E-state index in [0.717, 1.165) is 5.69 Å². The second-order valence-corrected chi connectivity index (χ2v) is 2.85. The van der Waals surface area contributed by atoms with Crippen molar-refractivity contribution in [3.05, 3.63) is 30.0 Å². The van der Waals surface area contributed by atoms with Crippen LogP contribution in [0, 0.1) is 6.92 Å². The van der Waals surface area contributed by atoms with E-state index in [1.165, 1.54) is 7.11 Å². The Morgan fingerprint density at radius 1 is 1.50 bits per heavy atom. The van der Waals surface area contributed by atoms with Crippen LogP contribution in [0.3, 0.4) is 0 Å². The zero-order valence-corrected chi connectivity index (χ0v) is 7.89. The topological polar surface area (TPSA) is 56.5 Å². The molecule has 0 radical (unpaired) electrons. The number of fused-ring (bicyclic) bond motifs is 1. The van der Waals surface area contributed by atoms with Gasteiger partial charge in [-0.05, 0) is 13.0 Å². The summed E-state index contributed by atoms with van der Waals surface area (Å²) in [7, 11) is 1.33. The highest BCUT2D eigenvalue weighted by Gasteiger charge is 2.14. The monoisotopic (exact) mass is 191 g/mol. The molecule has 0 aliphatic rings. The van der Waals surface area contributed by atoms with Gasteiger partial charge in [0.15, 0.2) is 5.65 Å². The third kappa shape index (κ3) is 1.14. The van der Waals surface area contributed by atoms with Gasteiger partial charge < -0.3 is 4.74 Å². The van der Waals surface area contributed by atoms with Crippen molar-refractivity contribution in [3.8, 4) is 0 Å². The van der Waals surface area contributed by atoms with Crippen molar-refractivity contribution < 1.29 is 9.53 Å². The molecule has 0 saturated heterocycles. The van der Waals surface area contributed by atoms with Crippen molar-refractivity contribution >= 4 is 11.6 Å². The van der Waals surface area contributed by atoms with Crippen LogP contribution in [0.1, 0.15) is 16.3 Å². The first kappa shape index (κ1) is 8.68. The number of aryl methyl sites for hydroxylation is 1. The highest BCUT2D eigenvalue weighted by atomic mass is 16.5. The maximum atomic E-state index is 11.3. The molecular weight excluding hydrogens is 182 g/mol. The molecule has 0 bridgehead atoms. The number of ether oxygens (including phenoxy) is 1. The van der Waals surface area contributed by atoms with Crippen LogP contribution in [0.2, 0.25) is 0 Å². The third-order valence-electron chi connectivity index (χ3n) is 1.99. The van der Waals surface area contributed by atoms with E-state index in [1.54, 1.807) is 22.9 Å². The van der Waals surface area contributed by atoms with Gasteiger partial charge in [-0.1, -0.05) is 0 Å². The predicted octanol–water partition coefficient (Wildman–Crippen LogP) is 0.824. The van der Waals surface area contributed by atoms with E-state index >= 15 is 0 Å². The van der Waals surface area contributed by atoms with Gasteiger partial charge in [-0.25, -0.2) is 14.8 Å². The molecule has 0 N–H and O–H groups in total. The second kappa shape index (κ2) is 3.10. The Bertz CT molecular complexity index is 490. The number of esters is 1. The average Bonchev–Trinajstić information content (AvgIpc) is 2.62. The molecule has 0 unspecified atom stereocenters. The number of rotatable bonds is 1. The number of aromatic nitrogens is 3. The van der Waals surface area contributed by atoms with E-state index in [2.05, 4.69) is 14.7 Å². The quantitative estimate of drug-likeness (QED) is 0.626. The Balaban J connectivity index is 2.73. The number of hydrogen-bond donors (Lipinski definition) is 0. The first-order valence-corrected chi connectivity index (χ1v) is 4.11. The van der Waals surface area contributed by atoms with E-state index in [-0.39, 0.29) is 5.82 Å². The van der Waals surface area contributed by atoms with E-state index in [0.29, 0.717) is 5.65 Å². The fourth-order valence-electron chi connectivity index (χ4n) is 1.31. The molecular formula is C9H9N3O2. The van der Waals surface area contributed by atoms with Gasteiger partial charge in [-0.15, -0.1) is 0 Å². The zero-order valence-electron chi connectivity index (χ0n) is 7.89. The van der Waals surface area contributed by atoms with Gasteiger partial charge in [-0.3, -0.25) is 4.40 Å². The molecule has 2 aromatic rings. The van der Waals surface area contributed by atoms with Crippen molar-refractivity contribution in [1.29, 1.82) is 0 Å². The first-order valence-electron chi connectivity index (χ1n) is 4.11. The van der Waals surface area contributed by atoms with Gasteiger partial charge in [0.05, 0.1) is 13.3 Å². The Labute approximate surface area is 80.4 Å². The molecule has 2 aromatic heterocycles. The van der Waals surface area contributed by atoms with Crippen molar-refractivity contribution in [1.82, 2.24) is 14.4 Å². The Kier molecular flexibility index (Phi) is 1.92. The van der Waals surface area contributed by atoms with Crippen molar-refractivity contribution in [2.24, 2.45) is 0 Å². The summed E-state index contributed by atoms with van der Waals surface area (Å²) in [6, 6.07) is 1.81. The van der Waals surface area contributed by atoms with E-state index < -0.39 is 5.97 Å². The number of carbonyl (C=O) groups is 1. The minimum atomic E-state index is -0.457. The van der Waals surface area contributed by atoms with Crippen LogP contribution in [0.5, 0.6) is 0 Å². The lowest BCUT2D eigenvalue weighted by atomic mass is 10.4. The Morgan fingerprint density at radius 3 is 3.00 bits per heavy atom. The number of hydrogen-bond acceptors (Lipinski definition) is 4. The van der Waals surface area contributed by atoms with E-state index in [1.807, 2.05) is 6.92 Å². The third-order valence-corrected chi connectivity index (χ3v) is 1.99. The van der Waals surface area contributed by atoms with Crippen LogP contribution in [-0.4, -0.2) is 27.4 Å². The fourth-order valence-corrected chi connectivity index (χ4v) is 1.31. The number of nitrogens with zero attached hydrogens (tertiary/aromatic N) is 3. The van der Waals surface area contributed by atoms with Crippen LogP contribution in [0.4, 0.5) is 0 Å². The average molecular weight is 191 g/mol. The minimum Gasteiger partial charge on any atom is -0.463 e. The molecule has 0 aliphatic heterocycles. The molecule has 0 amide bonds. The number of carbonyl (C=O) groups excluding carboxylic acids is 1. The van der Waals surface area contributed by atoms with Gasteiger partial charge >= 0.3 is 5.97 Å². The lowest BCUT2D eigenvalue weighted by Crippen LogP contribution is -2.08. The van der Waals surface area contributed by atoms with Gasteiger partial charge in [-0.2, -0.15) is 0 Å². The molecule has 0 spiro atoms. The lowest BCUT2D eigenvalue weighted by molar-refractivity contribution is 0.0585. The maximum Gasteiger partial charge on any atom is 0.374 e. The summed E-state index contributed by atoms with van der Waals surface area (Å²) in [5.41, 5.74) is 1.54. The van der Waals surface area contributed by atoms with Gasteiger partial charge in [0, 0.05) is 11.9 Å². The highest BCUT2D eigenvalue weighted by molar-refractivity contribution is 5.86. The second-order valence-electron chi connectivity index (χ2n) is 2.85. The van der Waals surface area contributed by atoms with Crippen LogP contribution in [0.15, 0.2) is 18.5 Å². The molecule has 0 atom stereocenters. The summed E-state index contributed by atoms with van der Waals surface area (Å²) < 4.78 is 6.27. The summed E-state index contributed by atoms with van der Waals surface area (Å²) in [5, 5.41) is 0. The molecule has 0 aromatic carbocycles. The molecule has 5 heteroatoms. The SMILES string of the molecule is COC(=O)c1ncc2nccc(C)n12. The highest BCUT2D eigenvalue weighted by Crippen LogP contribution is 2.08. The van der Waals surface area contributed by atoms with E-state index in [4.69, 9.17) is 0 Å². The molecule has 14 heavy (non-hydrogen) atoms. The predicted molar refractivity (Wildman–Crippen MR) is 49.1 cm³/mol. The normalized spacial score (nSPS) is 10.4.